The van der Waals surface area contributed by atoms with Crippen LogP contribution in [-0.4, -0.2) is 28.3 Å². The monoisotopic (exact) mass is 424 g/mol. The van der Waals surface area contributed by atoms with Crippen molar-refractivity contribution in [1.82, 2.24) is 15.3 Å². The van der Waals surface area contributed by atoms with Crippen LogP contribution in [0.15, 0.2) is 73.1 Å². The smallest absolute Gasteiger partial charge is 0.252 e. The molecule has 0 saturated heterocycles. The highest BCUT2D eigenvalue weighted by atomic mass is 16.2. The fourth-order valence-corrected chi connectivity index (χ4v) is 4.34. The molecule has 1 aromatic heterocycles. The predicted octanol–water partition coefficient (Wildman–Crippen LogP) is 4.38. The van der Waals surface area contributed by atoms with Gasteiger partial charge < -0.3 is 15.2 Å². The van der Waals surface area contributed by atoms with Crippen molar-refractivity contribution in [2.24, 2.45) is 0 Å². The highest BCUT2D eigenvalue weighted by Crippen LogP contribution is 2.30. The molecule has 0 bridgehead atoms. The number of nitrogens with zero attached hydrogens (tertiary/aromatic N) is 2. The summed E-state index contributed by atoms with van der Waals surface area (Å²) in [7, 11) is 0. The topological polar surface area (TPSA) is 78.1 Å². The van der Waals surface area contributed by atoms with Crippen LogP contribution in [-0.2, 0) is 11.2 Å². The Morgan fingerprint density at radius 1 is 1.06 bits per heavy atom. The van der Waals surface area contributed by atoms with Gasteiger partial charge in [-0.2, -0.15) is 0 Å². The Morgan fingerprint density at radius 3 is 2.72 bits per heavy atom. The van der Waals surface area contributed by atoms with Crippen molar-refractivity contribution in [3.8, 4) is 0 Å². The molecule has 1 aliphatic heterocycles. The first-order valence-corrected chi connectivity index (χ1v) is 10.9. The number of fused-ring (bicyclic) bond motifs is 2. The van der Waals surface area contributed by atoms with E-state index in [2.05, 4.69) is 15.3 Å². The normalized spacial score (nSPS) is 13.7. The summed E-state index contributed by atoms with van der Waals surface area (Å²) in [6.07, 6.45) is 2.91. The summed E-state index contributed by atoms with van der Waals surface area (Å²) in [6, 6.07) is 21.2. The van der Waals surface area contributed by atoms with Gasteiger partial charge in [0.1, 0.15) is 0 Å². The standard InChI is InChI=1S/C26H24N4O2/c1-2-24(31)30-13-12-18-14-20(9-11-23(18)30)26(32)29-25(17-6-4-3-5-7-17)19-8-10-21-22(15-19)28-16-27-21/h3-11,14-16,25H,2,12-13H2,1H3,(H,27,28)(H,29,32). The Balaban J connectivity index is 1.45. The second-order valence-electron chi connectivity index (χ2n) is 7.99. The number of benzene rings is 3. The molecule has 1 unspecified atom stereocenters. The number of hydrogen-bond donors (Lipinski definition) is 2. The molecule has 160 valence electrons. The van der Waals surface area contributed by atoms with Gasteiger partial charge in [-0.1, -0.05) is 43.3 Å². The predicted molar refractivity (Wildman–Crippen MR) is 125 cm³/mol. The number of carbonyl (C=O) groups is 2. The van der Waals surface area contributed by atoms with E-state index in [4.69, 9.17) is 0 Å². The quantitative estimate of drug-likeness (QED) is 0.499. The molecule has 5 rings (SSSR count). The number of amides is 2. The fraction of sp³-hybridized carbons (Fsp3) is 0.192. The summed E-state index contributed by atoms with van der Waals surface area (Å²) in [6.45, 7) is 2.54. The minimum Gasteiger partial charge on any atom is -0.345 e. The molecule has 2 amide bonds. The Labute approximate surface area is 186 Å². The Bertz CT molecular complexity index is 1300. The lowest BCUT2D eigenvalue weighted by molar-refractivity contribution is -0.118. The van der Waals surface area contributed by atoms with Gasteiger partial charge in [0.05, 0.1) is 23.4 Å². The fourth-order valence-electron chi connectivity index (χ4n) is 4.34. The van der Waals surface area contributed by atoms with Crippen LogP contribution in [0.25, 0.3) is 11.0 Å². The van der Waals surface area contributed by atoms with Crippen molar-refractivity contribution in [3.63, 3.8) is 0 Å². The van der Waals surface area contributed by atoms with E-state index in [1.54, 1.807) is 12.4 Å². The van der Waals surface area contributed by atoms with Gasteiger partial charge in [-0.05, 0) is 53.4 Å². The van der Waals surface area contributed by atoms with Gasteiger partial charge in [0.25, 0.3) is 5.91 Å². The zero-order valence-electron chi connectivity index (χ0n) is 17.8. The van der Waals surface area contributed by atoms with Gasteiger partial charge >= 0.3 is 0 Å². The van der Waals surface area contributed by atoms with E-state index in [-0.39, 0.29) is 17.9 Å². The maximum absolute atomic E-state index is 13.3. The summed E-state index contributed by atoms with van der Waals surface area (Å²) >= 11 is 0. The largest absolute Gasteiger partial charge is 0.345 e. The summed E-state index contributed by atoms with van der Waals surface area (Å²) < 4.78 is 0. The number of nitrogens with one attached hydrogen (secondary N) is 2. The minimum absolute atomic E-state index is 0.110. The number of rotatable bonds is 5. The Morgan fingerprint density at radius 2 is 1.91 bits per heavy atom. The molecule has 1 aliphatic rings. The molecule has 0 aliphatic carbocycles. The Hall–Kier alpha value is -3.93. The Kier molecular flexibility index (Phi) is 5.19. The van der Waals surface area contributed by atoms with E-state index in [0.717, 1.165) is 39.8 Å². The third-order valence-electron chi connectivity index (χ3n) is 6.03. The van der Waals surface area contributed by atoms with Gasteiger partial charge in [0, 0.05) is 24.2 Å². The van der Waals surface area contributed by atoms with Gasteiger partial charge in [-0.25, -0.2) is 4.98 Å². The van der Waals surface area contributed by atoms with E-state index < -0.39 is 0 Å². The summed E-state index contributed by atoms with van der Waals surface area (Å²) in [5.41, 5.74) is 6.33. The van der Waals surface area contributed by atoms with Crippen molar-refractivity contribution in [2.75, 3.05) is 11.4 Å². The van der Waals surface area contributed by atoms with Crippen molar-refractivity contribution < 1.29 is 9.59 Å². The second kappa shape index (κ2) is 8.30. The third kappa shape index (κ3) is 3.64. The number of imidazole rings is 1. The van der Waals surface area contributed by atoms with E-state index in [9.17, 15) is 9.59 Å². The lowest BCUT2D eigenvalue weighted by Crippen LogP contribution is -2.29. The molecule has 4 aromatic rings. The average Bonchev–Trinajstić information content (AvgIpc) is 3.48. The molecule has 3 aromatic carbocycles. The number of hydrogen-bond acceptors (Lipinski definition) is 3. The number of aromatic amines is 1. The molecule has 2 heterocycles. The number of carbonyl (C=O) groups excluding carboxylic acids is 2. The molecule has 0 fully saturated rings. The first-order chi connectivity index (χ1) is 15.6. The molecule has 0 saturated carbocycles. The number of anilines is 1. The van der Waals surface area contributed by atoms with Crippen molar-refractivity contribution in [2.45, 2.75) is 25.8 Å². The molecule has 6 heteroatoms. The first kappa shape index (κ1) is 20.0. The molecule has 2 N–H and O–H groups in total. The second-order valence-corrected chi connectivity index (χ2v) is 7.99. The summed E-state index contributed by atoms with van der Waals surface area (Å²) in [4.78, 5) is 34.7. The zero-order chi connectivity index (χ0) is 22.1. The van der Waals surface area contributed by atoms with Crippen LogP contribution in [0.5, 0.6) is 0 Å². The third-order valence-corrected chi connectivity index (χ3v) is 6.03. The maximum atomic E-state index is 13.3. The first-order valence-electron chi connectivity index (χ1n) is 10.9. The molecular formula is C26H24N4O2. The van der Waals surface area contributed by atoms with Gasteiger partial charge in [-0.3, -0.25) is 9.59 Å². The van der Waals surface area contributed by atoms with Crippen LogP contribution < -0.4 is 10.2 Å². The summed E-state index contributed by atoms with van der Waals surface area (Å²) in [5, 5.41) is 3.21. The van der Waals surface area contributed by atoms with Crippen LogP contribution >= 0.6 is 0 Å². The number of aromatic nitrogens is 2. The van der Waals surface area contributed by atoms with E-state index in [1.807, 2.05) is 72.5 Å². The van der Waals surface area contributed by atoms with E-state index in [0.29, 0.717) is 18.5 Å². The number of H-pyrrole nitrogens is 1. The van der Waals surface area contributed by atoms with Crippen molar-refractivity contribution >= 4 is 28.5 Å². The van der Waals surface area contributed by atoms with Crippen LogP contribution in [0.1, 0.15) is 46.4 Å². The van der Waals surface area contributed by atoms with Gasteiger partial charge in [0.2, 0.25) is 5.91 Å². The van der Waals surface area contributed by atoms with E-state index in [1.165, 1.54) is 0 Å². The van der Waals surface area contributed by atoms with E-state index >= 15 is 0 Å². The molecule has 32 heavy (non-hydrogen) atoms. The molecule has 0 radical (unpaired) electrons. The van der Waals surface area contributed by atoms with Crippen LogP contribution in [0.2, 0.25) is 0 Å². The van der Waals surface area contributed by atoms with Crippen molar-refractivity contribution in [3.05, 3.63) is 95.3 Å². The van der Waals surface area contributed by atoms with Gasteiger partial charge in [-0.15, -0.1) is 0 Å². The SMILES string of the molecule is CCC(=O)N1CCc2cc(C(=O)NC(c3ccccc3)c3ccc4nc[nH]c4c3)ccc21. The molecular weight excluding hydrogens is 400 g/mol. The van der Waals surface area contributed by atoms with Gasteiger partial charge in [0.15, 0.2) is 0 Å². The van der Waals surface area contributed by atoms with Crippen molar-refractivity contribution in [1.29, 1.82) is 0 Å². The minimum atomic E-state index is -0.303. The van der Waals surface area contributed by atoms with Crippen LogP contribution in [0, 0.1) is 0 Å². The molecule has 6 nitrogen and oxygen atoms in total. The summed E-state index contributed by atoms with van der Waals surface area (Å²) in [5.74, 6) is -0.0362. The maximum Gasteiger partial charge on any atom is 0.252 e. The average molecular weight is 425 g/mol. The highest BCUT2D eigenvalue weighted by molar-refractivity contribution is 5.98. The highest BCUT2D eigenvalue weighted by Gasteiger charge is 2.25. The lowest BCUT2D eigenvalue weighted by Gasteiger charge is -2.21. The van der Waals surface area contributed by atoms with Crippen LogP contribution in [0.4, 0.5) is 5.69 Å². The lowest BCUT2D eigenvalue weighted by atomic mass is 9.97. The molecule has 1 atom stereocenters. The molecule has 0 spiro atoms. The van der Waals surface area contributed by atoms with Crippen LogP contribution in [0.3, 0.4) is 0 Å². The zero-order valence-corrected chi connectivity index (χ0v) is 17.8.